The van der Waals surface area contributed by atoms with E-state index in [9.17, 15) is 31.1 Å². The molecule has 4 bridgehead atoms. The van der Waals surface area contributed by atoms with Crippen LogP contribution in [-0.2, 0) is 12.4 Å². The van der Waals surface area contributed by atoms with Crippen molar-refractivity contribution in [2.24, 2.45) is 0 Å². The quantitative estimate of drug-likeness (QED) is 0.0623. The highest BCUT2D eigenvalue weighted by atomic mass is 32.1. The number of benzene rings is 2. The van der Waals surface area contributed by atoms with Gasteiger partial charge in [-0.2, -0.15) is 49.8 Å². The molecule has 8 heterocycles. The van der Waals surface area contributed by atoms with Crippen LogP contribution in [-0.4, -0.2) is 111 Å². The number of fused-ring (bicyclic) bond motifs is 8. The van der Waals surface area contributed by atoms with Gasteiger partial charge in [-0.3, -0.25) is 10.2 Å². The van der Waals surface area contributed by atoms with Gasteiger partial charge < -0.3 is 40.5 Å². The number of ether oxygens (including phenoxy) is 2. The number of carbonyl (C=O) groups excluding carboxylic acids is 1. The van der Waals surface area contributed by atoms with E-state index < -0.39 is 29.5 Å². The van der Waals surface area contributed by atoms with Crippen molar-refractivity contribution in [2.45, 2.75) is 50.1 Å². The predicted molar refractivity (Wildman–Crippen MR) is 259 cm³/mol. The third kappa shape index (κ3) is 12.8. The topological polar surface area (TPSA) is 213 Å². The van der Waals surface area contributed by atoms with Crippen LogP contribution in [0, 0.1) is 0 Å². The van der Waals surface area contributed by atoms with Crippen LogP contribution < -0.4 is 40.5 Å². The average Bonchev–Trinajstić information content (AvgIpc) is 3.95. The van der Waals surface area contributed by atoms with Crippen molar-refractivity contribution in [3.8, 4) is 34.5 Å². The van der Waals surface area contributed by atoms with Crippen LogP contribution in [0.25, 0.3) is 22.5 Å². The number of aromatic nitrogens is 6. The van der Waals surface area contributed by atoms with Crippen molar-refractivity contribution < 1.29 is 50.8 Å². The maximum Gasteiger partial charge on any atom is 0.416 e. The first-order valence-electron chi connectivity index (χ1n) is 22.3. The summed E-state index contributed by atoms with van der Waals surface area (Å²) in [5, 5.41) is 23.5. The van der Waals surface area contributed by atoms with E-state index in [0.29, 0.717) is 66.2 Å². The zero-order valence-electron chi connectivity index (χ0n) is 37.9. The number of halogens is 6. The lowest BCUT2D eigenvalue weighted by Gasteiger charge is -2.35. The van der Waals surface area contributed by atoms with Crippen molar-refractivity contribution in [2.75, 3.05) is 83.7 Å². The summed E-state index contributed by atoms with van der Waals surface area (Å²) >= 11 is 0. The number of hydrogen-bond acceptors (Lipinski definition) is 15. The molecule has 4 aliphatic rings. The third-order valence-corrected chi connectivity index (χ3v) is 11.5. The number of aliphatic hydroxyl groups excluding tert-OH is 2. The SMILES string of the molecule is FC(F)(F)c1cccc(-c2ccc3c(n2)N[C@H]2CCN3C2)c1.Nc1ccnc(OCCCO)n1.O=C(Nc1ccnc(OCCCO)n1)N1c2nc(-c3cccc(C(F)(F)F)c3)ccc2N2CC[C@H]1C2.S. The molecule has 17 nitrogen and oxygen atoms in total. The number of rotatable bonds is 11. The molecule has 376 valence electrons. The average molecular weight is 1010 g/mol. The van der Waals surface area contributed by atoms with Gasteiger partial charge in [0.05, 0.1) is 53.1 Å². The maximum atomic E-state index is 13.4. The first kappa shape index (κ1) is 51.7. The van der Waals surface area contributed by atoms with E-state index in [1.807, 2.05) is 6.07 Å². The van der Waals surface area contributed by atoms with E-state index in [4.69, 9.17) is 25.4 Å². The monoisotopic (exact) mass is 1010 g/mol. The molecule has 0 radical (unpaired) electrons. The fourth-order valence-corrected chi connectivity index (χ4v) is 8.14. The fraction of sp³-hybridized carbons (Fsp3) is 0.340. The van der Waals surface area contributed by atoms with Crippen molar-refractivity contribution in [1.82, 2.24) is 29.9 Å². The van der Waals surface area contributed by atoms with E-state index in [1.165, 1.54) is 30.6 Å². The Morgan fingerprint density at radius 3 is 1.92 bits per heavy atom. The van der Waals surface area contributed by atoms with Gasteiger partial charge in [-0.25, -0.2) is 24.7 Å². The van der Waals surface area contributed by atoms with E-state index in [0.717, 1.165) is 73.9 Å². The van der Waals surface area contributed by atoms with Gasteiger partial charge in [-0.15, -0.1) is 0 Å². The number of carbonyl (C=O) groups is 1. The number of anilines is 6. The molecule has 2 amide bonds. The van der Waals surface area contributed by atoms with Gasteiger partial charge in [0.2, 0.25) is 0 Å². The zero-order valence-corrected chi connectivity index (χ0v) is 38.9. The maximum absolute atomic E-state index is 13.4. The summed E-state index contributed by atoms with van der Waals surface area (Å²) < 4.78 is 88.6. The van der Waals surface area contributed by atoms with Gasteiger partial charge in [0.25, 0.3) is 0 Å². The van der Waals surface area contributed by atoms with E-state index in [2.05, 4.69) is 50.3 Å². The molecule has 0 spiro atoms. The van der Waals surface area contributed by atoms with Crippen LogP contribution in [0.15, 0.2) is 97.3 Å². The van der Waals surface area contributed by atoms with Crippen LogP contribution in [0.5, 0.6) is 12.0 Å². The van der Waals surface area contributed by atoms with E-state index in [-0.39, 0.29) is 57.2 Å². The summed E-state index contributed by atoms with van der Waals surface area (Å²) in [5.41, 5.74) is 7.41. The molecule has 0 unspecified atom stereocenters. The molecule has 0 saturated carbocycles. The smallest absolute Gasteiger partial charge is 0.416 e. The number of nitrogen functional groups attached to an aromatic ring is 1. The van der Waals surface area contributed by atoms with Gasteiger partial charge >= 0.3 is 30.4 Å². The van der Waals surface area contributed by atoms with Crippen LogP contribution in [0.1, 0.15) is 36.8 Å². The Balaban J connectivity index is 0.000000179. The van der Waals surface area contributed by atoms with Crippen LogP contribution >= 0.6 is 13.5 Å². The van der Waals surface area contributed by atoms with Crippen molar-refractivity contribution in [1.29, 1.82) is 0 Å². The van der Waals surface area contributed by atoms with Gasteiger partial charge in [0.1, 0.15) is 11.6 Å². The lowest BCUT2D eigenvalue weighted by atomic mass is 10.1. The Morgan fingerprint density at radius 1 is 0.718 bits per heavy atom. The second-order valence-corrected chi connectivity index (χ2v) is 16.4. The highest BCUT2D eigenvalue weighted by molar-refractivity contribution is 7.59. The molecular formula is C47H50F6N12O5S. The molecular weight excluding hydrogens is 959 g/mol. The highest BCUT2D eigenvalue weighted by Gasteiger charge is 2.41. The number of amides is 2. The number of nitrogens with one attached hydrogen (secondary N) is 2. The molecule has 2 atom stereocenters. The summed E-state index contributed by atoms with van der Waals surface area (Å²) in [6, 6.07) is 20.6. The Bertz CT molecular complexity index is 2780. The minimum Gasteiger partial charge on any atom is -0.463 e. The molecule has 2 fully saturated rings. The molecule has 4 aliphatic heterocycles. The normalized spacial score (nSPS) is 16.2. The Labute approximate surface area is 410 Å². The van der Waals surface area contributed by atoms with Crippen LogP contribution in [0.3, 0.4) is 0 Å². The van der Waals surface area contributed by atoms with Crippen LogP contribution in [0.2, 0.25) is 0 Å². The first-order chi connectivity index (χ1) is 33.7. The molecule has 2 saturated heterocycles. The number of nitrogens with two attached hydrogens (primary N) is 1. The van der Waals surface area contributed by atoms with Crippen molar-refractivity contribution in [3.05, 3.63) is 108 Å². The summed E-state index contributed by atoms with van der Waals surface area (Å²) in [4.78, 5) is 44.3. The van der Waals surface area contributed by atoms with Gasteiger partial charge in [-0.1, -0.05) is 24.3 Å². The molecule has 6 N–H and O–H groups in total. The number of alkyl halides is 6. The number of urea groups is 1. The Morgan fingerprint density at radius 2 is 1.30 bits per heavy atom. The molecule has 6 aromatic rings. The third-order valence-electron chi connectivity index (χ3n) is 11.5. The van der Waals surface area contributed by atoms with Crippen molar-refractivity contribution in [3.63, 3.8) is 0 Å². The standard InChI is InChI=1S/C24H23F3N6O3.C16H14F3N3.C7H11N3O2.H2S/c25-24(26,27)16-4-1-3-15(13-16)18-5-6-19-21(29-18)33(17-8-10-32(19)14-17)23(35)31-20-7-9-28-22(30-20)36-12-2-11-34;17-16(18,19)11-3-1-2-10(8-11)13-4-5-14-15(21-13)20-12-6-7-22(14)9-12;8-6-2-3-9-7(10-6)12-5-1-4-11;/h1,3-7,9,13,17,34H,2,8,10-12,14H2,(H,28,30,31,35);1-5,8,12H,6-7,9H2,(H,20,21);2-3,11H,1,4-5H2,(H2,8,9,10);1H2/t17-;12-;;/m00../s1. The summed E-state index contributed by atoms with van der Waals surface area (Å²) in [5.74, 6) is 1.75. The zero-order chi connectivity index (χ0) is 49.4. The molecule has 2 aromatic carbocycles. The number of nitrogens with zero attached hydrogens (tertiary/aromatic N) is 9. The lowest BCUT2D eigenvalue weighted by Crippen LogP contribution is -2.48. The van der Waals surface area contributed by atoms with Crippen LogP contribution in [0.4, 0.5) is 65.8 Å². The second kappa shape index (κ2) is 22.7. The molecule has 0 aliphatic carbocycles. The Kier molecular flexibility index (Phi) is 16.5. The molecule has 10 rings (SSSR count). The number of pyridine rings is 2. The predicted octanol–water partition coefficient (Wildman–Crippen LogP) is 7.65. The van der Waals surface area contributed by atoms with E-state index in [1.54, 1.807) is 41.3 Å². The van der Waals surface area contributed by atoms with Crippen molar-refractivity contribution >= 4 is 54.2 Å². The van der Waals surface area contributed by atoms with Gasteiger partial charge in [0, 0.05) is 81.8 Å². The molecule has 24 heteroatoms. The second-order valence-electron chi connectivity index (χ2n) is 16.4. The minimum absolute atomic E-state index is 0. The minimum atomic E-state index is -4.47. The summed E-state index contributed by atoms with van der Waals surface area (Å²) in [6.07, 6.45) is -3.07. The first-order valence-corrected chi connectivity index (χ1v) is 22.3. The Hall–Kier alpha value is -7.18. The summed E-state index contributed by atoms with van der Waals surface area (Å²) in [6.45, 7) is 4.04. The van der Waals surface area contributed by atoms with Gasteiger partial charge in [0.15, 0.2) is 11.6 Å². The van der Waals surface area contributed by atoms with Gasteiger partial charge in [-0.05, 0) is 73.5 Å². The van der Waals surface area contributed by atoms with E-state index >= 15 is 0 Å². The molecule has 4 aromatic heterocycles. The summed E-state index contributed by atoms with van der Waals surface area (Å²) in [7, 11) is 0. The highest BCUT2D eigenvalue weighted by Crippen LogP contribution is 2.42. The lowest BCUT2D eigenvalue weighted by molar-refractivity contribution is -0.138. The number of aliphatic hydroxyl groups is 2. The largest absolute Gasteiger partial charge is 0.463 e. The molecule has 71 heavy (non-hydrogen) atoms. The number of hydrogen-bond donors (Lipinski definition) is 5. The fourth-order valence-electron chi connectivity index (χ4n) is 8.14.